The Hall–Kier alpha value is -2.61. The summed E-state index contributed by atoms with van der Waals surface area (Å²) in [6.07, 6.45) is 11.9. The summed E-state index contributed by atoms with van der Waals surface area (Å²) in [7, 11) is 4.20. The van der Waals surface area contributed by atoms with Crippen molar-refractivity contribution in [3.05, 3.63) is 34.7 Å². The van der Waals surface area contributed by atoms with E-state index in [1.165, 1.54) is 17.0 Å². The quantitative estimate of drug-likeness (QED) is 0.492. The van der Waals surface area contributed by atoms with E-state index in [9.17, 15) is 10.2 Å². The van der Waals surface area contributed by atoms with Crippen molar-refractivity contribution >= 4 is 18.0 Å². The molecule has 2 N–H and O–H groups in total. The van der Waals surface area contributed by atoms with Gasteiger partial charge in [0.2, 0.25) is 5.91 Å². The first-order valence-corrected chi connectivity index (χ1v) is 12.8. The van der Waals surface area contributed by atoms with Crippen LogP contribution < -0.4 is 5.32 Å². The van der Waals surface area contributed by atoms with E-state index in [4.69, 9.17) is 0 Å². The van der Waals surface area contributed by atoms with Crippen molar-refractivity contribution in [2.24, 2.45) is 16.9 Å². The Balaban J connectivity index is 1.37. The molecule has 0 radical (unpaired) electrons. The van der Waals surface area contributed by atoms with E-state index in [0.29, 0.717) is 30.3 Å². The SMILES string of the molecule is CC(=O)N1CCC(NC2CCN(C)C2)=C(C(=N)N2CCCC3=C2C=CC(C2C=NN(C)C2)C3)C1. The van der Waals surface area contributed by atoms with E-state index in [-0.39, 0.29) is 5.91 Å². The Morgan fingerprint density at radius 1 is 1.15 bits per heavy atom. The maximum atomic E-state index is 12.2. The van der Waals surface area contributed by atoms with Gasteiger partial charge in [-0.1, -0.05) is 6.08 Å². The van der Waals surface area contributed by atoms with Gasteiger partial charge in [0.25, 0.3) is 0 Å². The number of carbonyl (C=O) groups excluding carboxylic acids is 1. The highest BCUT2D eigenvalue weighted by molar-refractivity contribution is 5.99. The Kier molecular flexibility index (Phi) is 6.51. The average molecular weight is 466 g/mol. The molecule has 1 saturated heterocycles. The zero-order valence-corrected chi connectivity index (χ0v) is 20.9. The normalized spacial score (nSPS) is 29.9. The molecule has 34 heavy (non-hydrogen) atoms. The summed E-state index contributed by atoms with van der Waals surface area (Å²) in [5.74, 6) is 1.61. The summed E-state index contributed by atoms with van der Waals surface area (Å²) in [5, 5.41) is 19.5. The number of nitrogens with one attached hydrogen (secondary N) is 2. The maximum absolute atomic E-state index is 12.2. The lowest BCUT2D eigenvalue weighted by Gasteiger charge is -2.39. The smallest absolute Gasteiger partial charge is 0.219 e. The predicted octanol–water partition coefficient (Wildman–Crippen LogP) is 2.24. The molecule has 1 aliphatic carbocycles. The number of hydrogen-bond acceptors (Lipinski definition) is 6. The fraction of sp³-hybridized carbons (Fsp3) is 0.654. The van der Waals surface area contributed by atoms with Gasteiger partial charge >= 0.3 is 0 Å². The molecule has 8 heteroatoms. The topological polar surface area (TPSA) is 78.3 Å². The standard InChI is InChI=1S/C26H39N7O/c1-18(34)32-12-9-24(29-22-8-11-30(2)16-22)23(17-32)26(27)33-10-4-5-20-13-19(6-7-25(20)33)21-14-28-31(3)15-21/h6-7,14,19,21-22,27,29H,4-5,8-13,15-17H2,1-3H3. The van der Waals surface area contributed by atoms with Crippen molar-refractivity contribution in [3.8, 4) is 0 Å². The van der Waals surface area contributed by atoms with Gasteiger partial charge in [0.1, 0.15) is 5.84 Å². The highest BCUT2D eigenvalue weighted by Crippen LogP contribution is 2.37. The highest BCUT2D eigenvalue weighted by atomic mass is 16.2. The lowest BCUT2D eigenvalue weighted by Crippen LogP contribution is -2.46. The second kappa shape index (κ2) is 9.56. The number of allylic oxidation sites excluding steroid dienone is 3. The van der Waals surface area contributed by atoms with Gasteiger partial charge in [0.05, 0.1) is 6.54 Å². The molecule has 3 atom stereocenters. The minimum absolute atomic E-state index is 0.0899. The van der Waals surface area contributed by atoms with E-state index in [2.05, 4.69) is 45.6 Å². The van der Waals surface area contributed by atoms with Crippen LogP contribution in [0.4, 0.5) is 0 Å². The third kappa shape index (κ3) is 4.65. The van der Waals surface area contributed by atoms with Crippen molar-refractivity contribution < 1.29 is 4.79 Å². The van der Waals surface area contributed by atoms with Crippen LogP contribution in [0.2, 0.25) is 0 Å². The second-order valence-electron chi connectivity index (χ2n) is 10.6. The molecule has 4 heterocycles. The molecule has 8 nitrogen and oxygen atoms in total. The Bertz CT molecular complexity index is 964. The van der Waals surface area contributed by atoms with Crippen LogP contribution >= 0.6 is 0 Å². The zero-order chi connectivity index (χ0) is 23.8. The minimum Gasteiger partial charge on any atom is -0.384 e. The fourth-order valence-corrected chi connectivity index (χ4v) is 6.11. The summed E-state index contributed by atoms with van der Waals surface area (Å²) in [4.78, 5) is 18.7. The molecule has 1 amide bonds. The summed E-state index contributed by atoms with van der Waals surface area (Å²) in [5.41, 5.74) is 4.84. The van der Waals surface area contributed by atoms with Crippen LogP contribution in [0.25, 0.3) is 0 Å². The molecule has 0 spiro atoms. The minimum atomic E-state index is 0.0899. The number of hydrazone groups is 1. The largest absolute Gasteiger partial charge is 0.384 e. The van der Waals surface area contributed by atoms with Crippen molar-refractivity contribution in [1.29, 1.82) is 5.41 Å². The van der Waals surface area contributed by atoms with Gasteiger partial charge < -0.3 is 20.0 Å². The van der Waals surface area contributed by atoms with Crippen LogP contribution in [0.5, 0.6) is 0 Å². The number of likely N-dealkylation sites (N-methyl/N-ethyl adjacent to an activating group) is 1. The highest BCUT2D eigenvalue weighted by Gasteiger charge is 2.34. The molecule has 0 saturated carbocycles. The molecule has 0 aromatic carbocycles. The van der Waals surface area contributed by atoms with Gasteiger partial charge in [-0.3, -0.25) is 15.2 Å². The van der Waals surface area contributed by atoms with E-state index < -0.39 is 0 Å². The molecular formula is C26H39N7O. The van der Waals surface area contributed by atoms with Crippen LogP contribution in [-0.2, 0) is 4.79 Å². The first kappa shape index (κ1) is 23.1. The van der Waals surface area contributed by atoms with Crippen molar-refractivity contribution in [3.63, 3.8) is 0 Å². The first-order valence-electron chi connectivity index (χ1n) is 12.8. The number of amides is 1. The van der Waals surface area contributed by atoms with Crippen molar-refractivity contribution in [1.82, 2.24) is 25.0 Å². The zero-order valence-electron chi connectivity index (χ0n) is 20.9. The molecular weight excluding hydrogens is 426 g/mol. The van der Waals surface area contributed by atoms with Crippen LogP contribution in [0.15, 0.2) is 39.8 Å². The van der Waals surface area contributed by atoms with Gasteiger partial charge in [-0.25, -0.2) is 0 Å². The van der Waals surface area contributed by atoms with Gasteiger partial charge in [-0.15, -0.1) is 0 Å². The molecule has 1 fully saturated rings. The van der Waals surface area contributed by atoms with Gasteiger partial charge in [-0.05, 0) is 56.8 Å². The van der Waals surface area contributed by atoms with E-state index in [0.717, 1.165) is 70.4 Å². The van der Waals surface area contributed by atoms with Crippen LogP contribution in [0, 0.1) is 17.2 Å². The van der Waals surface area contributed by atoms with Crippen LogP contribution in [0.3, 0.4) is 0 Å². The summed E-state index contributed by atoms with van der Waals surface area (Å²) in [6, 6.07) is 0.421. The first-order chi connectivity index (χ1) is 16.4. The van der Waals surface area contributed by atoms with Crippen molar-refractivity contribution in [2.75, 3.05) is 53.4 Å². The van der Waals surface area contributed by atoms with Crippen LogP contribution in [0.1, 0.15) is 39.0 Å². The molecule has 0 bridgehead atoms. The number of amidine groups is 1. The molecule has 3 unspecified atom stereocenters. The lowest BCUT2D eigenvalue weighted by molar-refractivity contribution is -0.128. The summed E-state index contributed by atoms with van der Waals surface area (Å²) < 4.78 is 0. The molecule has 4 aliphatic heterocycles. The molecule has 184 valence electrons. The predicted molar refractivity (Wildman–Crippen MR) is 135 cm³/mol. The maximum Gasteiger partial charge on any atom is 0.219 e. The summed E-state index contributed by atoms with van der Waals surface area (Å²) in [6.45, 7) is 6.87. The van der Waals surface area contributed by atoms with E-state index in [1.807, 2.05) is 17.0 Å². The number of carbonyl (C=O) groups is 1. The molecule has 5 rings (SSSR count). The average Bonchev–Trinajstić information content (AvgIpc) is 3.45. The molecule has 5 aliphatic rings. The van der Waals surface area contributed by atoms with E-state index >= 15 is 0 Å². The number of rotatable bonds is 4. The molecule has 0 aromatic heterocycles. The fourth-order valence-electron chi connectivity index (χ4n) is 6.11. The van der Waals surface area contributed by atoms with Gasteiger partial charge in [0.15, 0.2) is 0 Å². The third-order valence-corrected chi connectivity index (χ3v) is 8.09. The second-order valence-corrected chi connectivity index (χ2v) is 10.6. The van der Waals surface area contributed by atoms with Gasteiger partial charge in [-0.2, -0.15) is 5.10 Å². The number of hydrogen-bond donors (Lipinski definition) is 2. The monoisotopic (exact) mass is 465 g/mol. The van der Waals surface area contributed by atoms with Crippen LogP contribution in [-0.4, -0.2) is 97.1 Å². The van der Waals surface area contributed by atoms with Crippen molar-refractivity contribution in [2.45, 2.75) is 45.1 Å². The molecule has 0 aromatic rings. The summed E-state index contributed by atoms with van der Waals surface area (Å²) >= 11 is 0. The third-order valence-electron chi connectivity index (χ3n) is 8.09. The van der Waals surface area contributed by atoms with Gasteiger partial charge in [0, 0.05) is 81.7 Å². The lowest BCUT2D eigenvalue weighted by atomic mass is 9.80. The Morgan fingerprint density at radius 3 is 2.71 bits per heavy atom. The number of nitrogens with zero attached hydrogens (tertiary/aromatic N) is 5. The Morgan fingerprint density at radius 2 is 2.00 bits per heavy atom. The Labute approximate surface area is 203 Å². The number of likely N-dealkylation sites (tertiary alicyclic amines) is 1. The van der Waals surface area contributed by atoms with E-state index in [1.54, 1.807) is 6.92 Å².